The van der Waals surface area contributed by atoms with Gasteiger partial charge in [-0.05, 0) is 45.9 Å². The number of rotatable bonds is 3. The Bertz CT molecular complexity index is 472. The Morgan fingerprint density at radius 3 is 2.84 bits per heavy atom. The van der Waals surface area contributed by atoms with Crippen LogP contribution >= 0.6 is 12.2 Å². The molecule has 4 heteroatoms. The van der Waals surface area contributed by atoms with Gasteiger partial charge in [-0.25, -0.2) is 0 Å². The Hall–Kier alpha value is -1.13. The van der Waals surface area contributed by atoms with Gasteiger partial charge in [0, 0.05) is 29.9 Å². The SMILES string of the molecule is Cc1ccc(NC2CCN(C)C(C)C2)c(C(N)=S)c1. The summed E-state index contributed by atoms with van der Waals surface area (Å²) in [7, 11) is 2.19. The lowest BCUT2D eigenvalue weighted by Crippen LogP contribution is -2.42. The van der Waals surface area contributed by atoms with E-state index in [0.29, 0.717) is 17.1 Å². The number of nitrogens with one attached hydrogen (secondary N) is 1. The van der Waals surface area contributed by atoms with E-state index in [1.807, 2.05) is 0 Å². The highest BCUT2D eigenvalue weighted by atomic mass is 32.1. The highest BCUT2D eigenvalue weighted by molar-refractivity contribution is 7.80. The van der Waals surface area contributed by atoms with Crippen LogP contribution in [0.3, 0.4) is 0 Å². The lowest BCUT2D eigenvalue weighted by atomic mass is 9.98. The normalized spacial score (nSPS) is 24.2. The van der Waals surface area contributed by atoms with Gasteiger partial charge in [-0.3, -0.25) is 0 Å². The molecule has 1 aliphatic rings. The number of likely N-dealkylation sites (tertiary alicyclic amines) is 1. The largest absolute Gasteiger partial charge is 0.389 e. The van der Waals surface area contributed by atoms with Gasteiger partial charge in [-0.2, -0.15) is 0 Å². The standard InChI is InChI=1S/C15H23N3S/c1-10-4-5-14(13(8-10)15(16)19)17-12-6-7-18(3)11(2)9-12/h4-5,8,11-12,17H,6-7,9H2,1-3H3,(H2,16,19). The molecule has 0 amide bonds. The summed E-state index contributed by atoms with van der Waals surface area (Å²) in [4.78, 5) is 2.87. The number of thiocarbonyl (C=S) groups is 1. The van der Waals surface area contributed by atoms with Gasteiger partial charge in [0.2, 0.25) is 0 Å². The van der Waals surface area contributed by atoms with Crippen molar-refractivity contribution in [2.24, 2.45) is 5.73 Å². The first kappa shape index (κ1) is 14.3. The molecule has 0 radical (unpaired) electrons. The van der Waals surface area contributed by atoms with Crippen molar-refractivity contribution in [2.45, 2.75) is 38.8 Å². The quantitative estimate of drug-likeness (QED) is 0.833. The van der Waals surface area contributed by atoms with Crippen LogP contribution in [0.25, 0.3) is 0 Å². The molecule has 2 unspecified atom stereocenters. The molecular weight excluding hydrogens is 254 g/mol. The molecule has 3 N–H and O–H groups in total. The summed E-state index contributed by atoms with van der Waals surface area (Å²) in [5.41, 5.74) is 9.04. The molecular formula is C15H23N3S. The monoisotopic (exact) mass is 277 g/mol. The van der Waals surface area contributed by atoms with Crippen LogP contribution in [0.4, 0.5) is 5.69 Å². The summed E-state index contributed by atoms with van der Waals surface area (Å²) in [6, 6.07) is 7.37. The maximum Gasteiger partial charge on any atom is 0.106 e. The Morgan fingerprint density at radius 2 is 2.21 bits per heavy atom. The Balaban J connectivity index is 2.13. The average molecular weight is 277 g/mol. The molecule has 1 aliphatic heterocycles. The van der Waals surface area contributed by atoms with E-state index in [-0.39, 0.29) is 0 Å². The minimum absolute atomic E-state index is 0.465. The molecule has 0 aliphatic carbocycles. The number of piperidine rings is 1. The van der Waals surface area contributed by atoms with E-state index in [1.54, 1.807) is 0 Å². The van der Waals surface area contributed by atoms with Gasteiger partial charge < -0.3 is 16.0 Å². The van der Waals surface area contributed by atoms with Gasteiger partial charge in [0.15, 0.2) is 0 Å². The first-order valence-electron chi connectivity index (χ1n) is 6.84. The third-order valence-corrected chi connectivity index (χ3v) is 4.23. The van der Waals surface area contributed by atoms with E-state index < -0.39 is 0 Å². The summed E-state index contributed by atoms with van der Waals surface area (Å²) in [5.74, 6) is 0. The Morgan fingerprint density at radius 1 is 1.47 bits per heavy atom. The maximum absolute atomic E-state index is 5.82. The number of benzene rings is 1. The summed E-state index contributed by atoms with van der Waals surface area (Å²) in [6.07, 6.45) is 2.31. The molecule has 1 heterocycles. The number of aryl methyl sites for hydroxylation is 1. The van der Waals surface area contributed by atoms with Crippen LogP contribution in [0.1, 0.15) is 30.9 Å². The van der Waals surface area contributed by atoms with E-state index in [4.69, 9.17) is 18.0 Å². The minimum atomic E-state index is 0.465. The van der Waals surface area contributed by atoms with Gasteiger partial charge >= 0.3 is 0 Å². The number of anilines is 1. The van der Waals surface area contributed by atoms with E-state index in [1.165, 1.54) is 5.56 Å². The number of hydrogen-bond acceptors (Lipinski definition) is 3. The van der Waals surface area contributed by atoms with E-state index in [2.05, 4.69) is 49.3 Å². The highest BCUT2D eigenvalue weighted by Crippen LogP contribution is 2.23. The Labute approximate surface area is 121 Å². The topological polar surface area (TPSA) is 41.3 Å². The van der Waals surface area contributed by atoms with E-state index >= 15 is 0 Å². The molecule has 2 atom stereocenters. The van der Waals surface area contributed by atoms with Crippen LogP contribution in [-0.4, -0.2) is 35.6 Å². The number of nitrogens with zero attached hydrogens (tertiary/aromatic N) is 1. The van der Waals surface area contributed by atoms with Crippen molar-refractivity contribution in [3.8, 4) is 0 Å². The summed E-state index contributed by atoms with van der Waals surface area (Å²) in [5, 5.41) is 3.61. The van der Waals surface area contributed by atoms with Crippen LogP contribution in [0.2, 0.25) is 0 Å². The van der Waals surface area contributed by atoms with Crippen molar-refractivity contribution < 1.29 is 0 Å². The zero-order chi connectivity index (χ0) is 14.0. The van der Waals surface area contributed by atoms with Gasteiger partial charge in [-0.1, -0.05) is 23.8 Å². The van der Waals surface area contributed by atoms with E-state index in [9.17, 15) is 0 Å². The van der Waals surface area contributed by atoms with Gasteiger partial charge in [0.05, 0.1) is 0 Å². The van der Waals surface area contributed by atoms with Gasteiger partial charge in [-0.15, -0.1) is 0 Å². The van der Waals surface area contributed by atoms with Gasteiger partial charge in [0.25, 0.3) is 0 Å². The number of nitrogens with two attached hydrogens (primary N) is 1. The lowest BCUT2D eigenvalue weighted by molar-refractivity contribution is 0.190. The average Bonchev–Trinajstić information content (AvgIpc) is 2.36. The zero-order valence-corrected chi connectivity index (χ0v) is 12.8. The number of hydrogen-bond donors (Lipinski definition) is 2. The molecule has 1 aromatic carbocycles. The fraction of sp³-hybridized carbons (Fsp3) is 0.533. The van der Waals surface area contributed by atoms with Crippen LogP contribution in [0.5, 0.6) is 0 Å². The summed E-state index contributed by atoms with van der Waals surface area (Å²) < 4.78 is 0. The molecule has 0 saturated carbocycles. The van der Waals surface area contributed by atoms with Crippen LogP contribution in [-0.2, 0) is 0 Å². The second-order valence-electron chi connectivity index (χ2n) is 5.61. The van der Waals surface area contributed by atoms with E-state index in [0.717, 1.165) is 30.6 Å². The molecule has 2 rings (SSSR count). The second kappa shape index (κ2) is 5.88. The van der Waals surface area contributed by atoms with Crippen molar-refractivity contribution >= 4 is 22.9 Å². The van der Waals surface area contributed by atoms with Gasteiger partial charge in [0.1, 0.15) is 4.99 Å². The molecule has 1 saturated heterocycles. The third kappa shape index (κ3) is 3.45. The molecule has 0 spiro atoms. The molecule has 1 aromatic rings. The first-order chi connectivity index (χ1) is 8.97. The third-order valence-electron chi connectivity index (χ3n) is 4.01. The zero-order valence-electron chi connectivity index (χ0n) is 11.9. The molecule has 1 fully saturated rings. The van der Waals surface area contributed by atoms with Crippen LogP contribution in [0.15, 0.2) is 18.2 Å². The fourth-order valence-electron chi connectivity index (χ4n) is 2.63. The van der Waals surface area contributed by atoms with Crippen molar-refractivity contribution in [3.63, 3.8) is 0 Å². The Kier molecular flexibility index (Phi) is 4.42. The van der Waals surface area contributed by atoms with Crippen molar-refractivity contribution in [3.05, 3.63) is 29.3 Å². The first-order valence-corrected chi connectivity index (χ1v) is 7.25. The van der Waals surface area contributed by atoms with Crippen LogP contribution < -0.4 is 11.1 Å². The van der Waals surface area contributed by atoms with Crippen molar-refractivity contribution in [1.29, 1.82) is 0 Å². The van der Waals surface area contributed by atoms with Crippen molar-refractivity contribution in [2.75, 3.05) is 18.9 Å². The lowest BCUT2D eigenvalue weighted by Gasteiger charge is -2.36. The highest BCUT2D eigenvalue weighted by Gasteiger charge is 2.23. The predicted molar refractivity (Wildman–Crippen MR) is 85.8 cm³/mol. The van der Waals surface area contributed by atoms with Crippen molar-refractivity contribution in [1.82, 2.24) is 4.90 Å². The summed E-state index contributed by atoms with van der Waals surface area (Å²) in [6.45, 7) is 5.47. The molecule has 19 heavy (non-hydrogen) atoms. The maximum atomic E-state index is 5.82. The fourth-order valence-corrected chi connectivity index (χ4v) is 2.80. The predicted octanol–water partition coefficient (Wildman–Crippen LogP) is 2.52. The smallest absolute Gasteiger partial charge is 0.106 e. The minimum Gasteiger partial charge on any atom is -0.389 e. The molecule has 0 aromatic heterocycles. The molecule has 3 nitrogen and oxygen atoms in total. The molecule has 0 bridgehead atoms. The molecule has 104 valence electrons. The van der Waals surface area contributed by atoms with Crippen LogP contribution in [0, 0.1) is 6.92 Å². The second-order valence-corrected chi connectivity index (χ2v) is 6.05. The summed E-state index contributed by atoms with van der Waals surface area (Å²) >= 11 is 5.15.